The lowest BCUT2D eigenvalue weighted by Gasteiger charge is -2.15. The molecule has 0 aromatic heterocycles. The number of hydrogen-bond acceptors (Lipinski definition) is 3. The molecule has 150 valence electrons. The molecule has 0 unspecified atom stereocenters. The second kappa shape index (κ2) is 9.01. The summed E-state index contributed by atoms with van der Waals surface area (Å²) in [6, 6.07) is 27.6. The maximum Gasteiger partial charge on any atom is 0.235 e. The van der Waals surface area contributed by atoms with Crippen molar-refractivity contribution in [3.05, 3.63) is 84.9 Å². The van der Waals surface area contributed by atoms with Gasteiger partial charge in [-0.3, -0.25) is 4.79 Å². The fourth-order valence-electron chi connectivity index (χ4n) is 3.29. The van der Waals surface area contributed by atoms with Crippen LogP contribution in [0.5, 0.6) is 17.2 Å². The SMILES string of the molecule is COc1cccc(-c2ccc3ccccc3c2Oc2ccc(NC(=O)CBr)cc2)c1. The summed E-state index contributed by atoms with van der Waals surface area (Å²) in [7, 11) is 1.66. The Labute approximate surface area is 183 Å². The van der Waals surface area contributed by atoms with E-state index in [4.69, 9.17) is 9.47 Å². The lowest BCUT2D eigenvalue weighted by Crippen LogP contribution is -2.11. The molecule has 30 heavy (non-hydrogen) atoms. The van der Waals surface area contributed by atoms with Crippen LogP contribution in [0, 0.1) is 0 Å². The Morgan fingerprint density at radius 1 is 0.900 bits per heavy atom. The maximum atomic E-state index is 11.6. The molecule has 0 fully saturated rings. The minimum absolute atomic E-state index is 0.0990. The van der Waals surface area contributed by atoms with Crippen LogP contribution in [0.2, 0.25) is 0 Å². The molecule has 0 atom stereocenters. The van der Waals surface area contributed by atoms with Crippen LogP contribution >= 0.6 is 15.9 Å². The number of methoxy groups -OCH3 is 1. The second-order valence-corrected chi connectivity index (χ2v) is 7.26. The van der Waals surface area contributed by atoms with Crippen LogP contribution in [0.4, 0.5) is 5.69 Å². The molecule has 4 nitrogen and oxygen atoms in total. The van der Waals surface area contributed by atoms with Crippen molar-refractivity contribution < 1.29 is 14.3 Å². The average molecular weight is 462 g/mol. The van der Waals surface area contributed by atoms with Crippen molar-refractivity contribution in [2.75, 3.05) is 17.8 Å². The van der Waals surface area contributed by atoms with Crippen molar-refractivity contribution in [3.8, 4) is 28.4 Å². The highest BCUT2D eigenvalue weighted by Crippen LogP contribution is 2.40. The number of alkyl halides is 1. The van der Waals surface area contributed by atoms with Gasteiger partial charge in [-0.1, -0.05) is 58.4 Å². The number of rotatable bonds is 6. The molecular weight excluding hydrogens is 442 g/mol. The van der Waals surface area contributed by atoms with Gasteiger partial charge in [0.25, 0.3) is 0 Å². The lowest BCUT2D eigenvalue weighted by molar-refractivity contribution is -0.113. The molecule has 0 heterocycles. The van der Waals surface area contributed by atoms with Gasteiger partial charge in [0.1, 0.15) is 17.2 Å². The van der Waals surface area contributed by atoms with E-state index in [1.54, 1.807) is 7.11 Å². The van der Waals surface area contributed by atoms with Gasteiger partial charge in [-0.25, -0.2) is 0 Å². The molecule has 4 aromatic carbocycles. The Morgan fingerprint density at radius 3 is 2.47 bits per heavy atom. The van der Waals surface area contributed by atoms with Crippen molar-refractivity contribution >= 4 is 38.3 Å². The quantitative estimate of drug-likeness (QED) is 0.327. The topological polar surface area (TPSA) is 47.6 Å². The predicted octanol–water partition coefficient (Wildman–Crippen LogP) is 6.64. The zero-order valence-corrected chi connectivity index (χ0v) is 18.0. The van der Waals surface area contributed by atoms with Crippen LogP contribution < -0.4 is 14.8 Å². The summed E-state index contributed by atoms with van der Waals surface area (Å²) in [6.45, 7) is 0. The number of amides is 1. The van der Waals surface area contributed by atoms with Gasteiger partial charge in [0.2, 0.25) is 5.91 Å². The second-order valence-electron chi connectivity index (χ2n) is 6.70. The van der Waals surface area contributed by atoms with Crippen LogP contribution in [0.1, 0.15) is 0 Å². The summed E-state index contributed by atoms with van der Waals surface area (Å²) in [5.74, 6) is 2.16. The standard InChI is InChI=1S/C25H20BrNO3/c1-29-21-7-4-6-18(15-21)23-14-9-17-5-2-3-8-22(17)25(23)30-20-12-10-19(11-13-20)27-24(28)16-26/h2-15H,16H2,1H3,(H,27,28). The van der Waals surface area contributed by atoms with Crippen LogP contribution in [-0.4, -0.2) is 18.3 Å². The Kier molecular flexibility index (Phi) is 6.00. The first-order valence-electron chi connectivity index (χ1n) is 9.48. The summed E-state index contributed by atoms with van der Waals surface area (Å²) in [6.07, 6.45) is 0. The molecule has 0 spiro atoms. The molecule has 0 bridgehead atoms. The summed E-state index contributed by atoms with van der Waals surface area (Å²) in [5.41, 5.74) is 2.71. The van der Waals surface area contributed by atoms with E-state index in [-0.39, 0.29) is 11.2 Å². The molecule has 0 radical (unpaired) electrons. The first-order chi connectivity index (χ1) is 14.7. The average Bonchev–Trinajstić information content (AvgIpc) is 2.80. The molecule has 5 heteroatoms. The molecule has 0 aliphatic rings. The van der Waals surface area contributed by atoms with Crippen LogP contribution in [0.3, 0.4) is 0 Å². The van der Waals surface area contributed by atoms with E-state index in [1.807, 2.05) is 60.7 Å². The smallest absolute Gasteiger partial charge is 0.235 e. The fraction of sp³-hybridized carbons (Fsp3) is 0.0800. The van der Waals surface area contributed by atoms with Gasteiger partial charge in [-0.15, -0.1) is 0 Å². The molecule has 0 saturated carbocycles. The molecule has 4 aromatic rings. The van der Waals surface area contributed by atoms with Gasteiger partial charge in [-0.05, 0) is 53.4 Å². The molecular formula is C25H20BrNO3. The third-order valence-corrected chi connectivity index (χ3v) is 5.25. The van der Waals surface area contributed by atoms with Crippen molar-refractivity contribution in [3.63, 3.8) is 0 Å². The number of halogens is 1. The number of anilines is 1. The van der Waals surface area contributed by atoms with Crippen molar-refractivity contribution in [1.29, 1.82) is 0 Å². The van der Waals surface area contributed by atoms with E-state index in [9.17, 15) is 4.79 Å². The molecule has 4 rings (SSSR count). The lowest BCUT2D eigenvalue weighted by atomic mass is 9.99. The monoisotopic (exact) mass is 461 g/mol. The zero-order valence-electron chi connectivity index (χ0n) is 16.4. The van der Waals surface area contributed by atoms with E-state index in [0.717, 1.165) is 39.1 Å². The summed E-state index contributed by atoms with van der Waals surface area (Å²) >= 11 is 3.15. The van der Waals surface area contributed by atoms with Gasteiger partial charge >= 0.3 is 0 Å². The number of fused-ring (bicyclic) bond motifs is 1. The van der Waals surface area contributed by atoms with Gasteiger partial charge < -0.3 is 14.8 Å². The maximum absolute atomic E-state index is 11.6. The largest absolute Gasteiger partial charge is 0.497 e. The van der Waals surface area contributed by atoms with E-state index < -0.39 is 0 Å². The highest BCUT2D eigenvalue weighted by molar-refractivity contribution is 9.09. The molecule has 1 N–H and O–H groups in total. The van der Waals surface area contributed by atoms with E-state index in [1.165, 1.54) is 0 Å². The summed E-state index contributed by atoms with van der Waals surface area (Å²) in [4.78, 5) is 11.6. The first kappa shape index (κ1) is 20.0. The highest BCUT2D eigenvalue weighted by Gasteiger charge is 2.13. The van der Waals surface area contributed by atoms with E-state index in [2.05, 4.69) is 45.5 Å². The van der Waals surface area contributed by atoms with Gasteiger partial charge in [0.05, 0.1) is 12.4 Å². The van der Waals surface area contributed by atoms with Gasteiger partial charge in [0, 0.05) is 16.6 Å². The third-order valence-electron chi connectivity index (χ3n) is 4.74. The van der Waals surface area contributed by atoms with Crippen molar-refractivity contribution in [2.24, 2.45) is 0 Å². The normalized spacial score (nSPS) is 10.6. The molecule has 1 amide bonds. The van der Waals surface area contributed by atoms with Crippen molar-refractivity contribution in [2.45, 2.75) is 0 Å². The Balaban J connectivity index is 1.75. The Morgan fingerprint density at radius 2 is 1.70 bits per heavy atom. The summed E-state index contributed by atoms with van der Waals surface area (Å²) < 4.78 is 11.8. The number of ether oxygens (including phenoxy) is 2. The minimum Gasteiger partial charge on any atom is -0.497 e. The number of carbonyl (C=O) groups excluding carboxylic acids is 1. The highest BCUT2D eigenvalue weighted by atomic mass is 79.9. The van der Waals surface area contributed by atoms with Crippen LogP contribution in [0.15, 0.2) is 84.9 Å². The Bertz CT molecular complexity index is 1190. The zero-order chi connectivity index (χ0) is 20.9. The number of nitrogens with one attached hydrogen (secondary N) is 1. The van der Waals surface area contributed by atoms with E-state index in [0.29, 0.717) is 5.75 Å². The van der Waals surface area contributed by atoms with Gasteiger partial charge in [-0.2, -0.15) is 0 Å². The number of benzene rings is 4. The fourth-order valence-corrected chi connectivity index (χ4v) is 3.43. The van der Waals surface area contributed by atoms with E-state index >= 15 is 0 Å². The number of carbonyl (C=O) groups is 1. The Hall–Kier alpha value is -3.31. The number of hydrogen-bond donors (Lipinski definition) is 1. The summed E-state index contributed by atoms with van der Waals surface area (Å²) in [5, 5.41) is 5.18. The molecule has 0 aliphatic heterocycles. The van der Waals surface area contributed by atoms with Crippen LogP contribution in [0.25, 0.3) is 21.9 Å². The minimum atomic E-state index is -0.0990. The van der Waals surface area contributed by atoms with Gasteiger partial charge in [0.15, 0.2) is 0 Å². The van der Waals surface area contributed by atoms with Crippen molar-refractivity contribution in [1.82, 2.24) is 0 Å². The third kappa shape index (κ3) is 4.31. The predicted molar refractivity (Wildman–Crippen MR) is 125 cm³/mol. The van der Waals surface area contributed by atoms with Crippen LogP contribution in [-0.2, 0) is 4.79 Å². The molecule has 0 aliphatic carbocycles. The first-order valence-corrected chi connectivity index (χ1v) is 10.6. The molecule has 0 saturated heterocycles.